The smallest absolute Gasteiger partial charge is 0.249 e. The summed E-state index contributed by atoms with van der Waals surface area (Å²) in [5, 5.41) is 33.8. The summed E-state index contributed by atoms with van der Waals surface area (Å²) in [7, 11) is 0. The molecule has 3 unspecified atom stereocenters. The SMILES string of the molecule is CCCCOc1ccc(C[C@H](NC(=O)C(O)CC(C)C)C2C(O)CCC2O)cc1. The van der Waals surface area contributed by atoms with E-state index in [4.69, 9.17) is 4.74 Å². The maximum Gasteiger partial charge on any atom is 0.249 e. The second-order valence-corrected chi connectivity index (χ2v) is 8.60. The van der Waals surface area contributed by atoms with E-state index in [9.17, 15) is 20.1 Å². The minimum absolute atomic E-state index is 0.192. The van der Waals surface area contributed by atoms with Gasteiger partial charge in [0.2, 0.25) is 5.91 Å². The third-order valence-corrected chi connectivity index (χ3v) is 5.58. The lowest BCUT2D eigenvalue weighted by Gasteiger charge is -2.30. The number of aliphatic hydroxyl groups excluding tert-OH is 3. The third-order valence-electron chi connectivity index (χ3n) is 5.58. The van der Waals surface area contributed by atoms with Crippen LogP contribution in [-0.2, 0) is 11.2 Å². The first-order valence-corrected chi connectivity index (χ1v) is 10.9. The van der Waals surface area contributed by atoms with Gasteiger partial charge in [0.25, 0.3) is 0 Å². The number of carbonyl (C=O) groups is 1. The van der Waals surface area contributed by atoms with Crippen LogP contribution in [0.15, 0.2) is 24.3 Å². The number of carbonyl (C=O) groups excluding carboxylic acids is 1. The quantitative estimate of drug-likeness (QED) is 0.422. The Labute approximate surface area is 174 Å². The van der Waals surface area contributed by atoms with E-state index in [-0.39, 0.29) is 5.92 Å². The molecule has 6 heteroatoms. The summed E-state index contributed by atoms with van der Waals surface area (Å²) in [4.78, 5) is 12.5. The first-order valence-electron chi connectivity index (χ1n) is 10.9. The van der Waals surface area contributed by atoms with Crippen molar-refractivity contribution in [3.63, 3.8) is 0 Å². The molecule has 0 heterocycles. The summed E-state index contributed by atoms with van der Waals surface area (Å²) >= 11 is 0. The molecule has 0 saturated heterocycles. The average Bonchev–Trinajstić information content (AvgIpc) is 3.00. The summed E-state index contributed by atoms with van der Waals surface area (Å²) in [5.74, 6) is 0.0911. The van der Waals surface area contributed by atoms with Crippen LogP contribution < -0.4 is 10.1 Å². The Morgan fingerprint density at radius 3 is 2.34 bits per heavy atom. The molecule has 1 saturated carbocycles. The van der Waals surface area contributed by atoms with Gasteiger partial charge in [0.15, 0.2) is 0 Å². The molecule has 1 fully saturated rings. The largest absolute Gasteiger partial charge is 0.494 e. The van der Waals surface area contributed by atoms with E-state index in [1.54, 1.807) is 0 Å². The van der Waals surface area contributed by atoms with Crippen LogP contribution in [0.5, 0.6) is 5.75 Å². The number of benzene rings is 1. The Hall–Kier alpha value is -1.63. The van der Waals surface area contributed by atoms with Crippen LogP contribution >= 0.6 is 0 Å². The zero-order valence-corrected chi connectivity index (χ0v) is 17.9. The van der Waals surface area contributed by atoms with Crippen LogP contribution in [0, 0.1) is 11.8 Å². The molecule has 164 valence electrons. The number of ether oxygens (including phenoxy) is 1. The zero-order chi connectivity index (χ0) is 21.4. The first kappa shape index (κ1) is 23.6. The van der Waals surface area contributed by atoms with E-state index in [2.05, 4.69) is 12.2 Å². The van der Waals surface area contributed by atoms with Gasteiger partial charge in [-0.1, -0.05) is 39.3 Å². The number of hydrogen-bond donors (Lipinski definition) is 4. The highest BCUT2D eigenvalue weighted by Crippen LogP contribution is 2.31. The van der Waals surface area contributed by atoms with Gasteiger partial charge in [0.05, 0.1) is 18.8 Å². The van der Waals surface area contributed by atoms with Crippen LogP contribution in [0.1, 0.15) is 58.4 Å². The predicted molar refractivity (Wildman–Crippen MR) is 113 cm³/mol. The Kier molecular flexibility index (Phi) is 9.40. The topological polar surface area (TPSA) is 99.0 Å². The standard InChI is InChI=1S/C23H37NO5/c1-4-5-12-29-17-8-6-16(7-9-17)14-18(22-19(25)10-11-20(22)26)24-23(28)21(27)13-15(2)3/h6-9,15,18-22,25-27H,4-5,10-14H2,1-3H3,(H,24,28)/t18-,19?,20?,21?,22?/m0/s1. The van der Waals surface area contributed by atoms with Crippen molar-refractivity contribution in [3.8, 4) is 5.75 Å². The molecule has 1 amide bonds. The lowest BCUT2D eigenvalue weighted by molar-refractivity contribution is -0.131. The van der Waals surface area contributed by atoms with Crippen molar-refractivity contribution in [3.05, 3.63) is 29.8 Å². The van der Waals surface area contributed by atoms with Crippen molar-refractivity contribution in [2.75, 3.05) is 6.61 Å². The Balaban J connectivity index is 2.08. The molecule has 1 aromatic rings. The van der Waals surface area contributed by atoms with Crippen molar-refractivity contribution in [2.45, 2.75) is 83.6 Å². The monoisotopic (exact) mass is 407 g/mol. The fourth-order valence-electron chi connectivity index (χ4n) is 3.95. The molecule has 0 aromatic heterocycles. The molecule has 4 atom stereocenters. The molecular weight excluding hydrogens is 370 g/mol. The molecule has 29 heavy (non-hydrogen) atoms. The minimum Gasteiger partial charge on any atom is -0.494 e. The third kappa shape index (κ3) is 7.28. The van der Waals surface area contributed by atoms with E-state index in [1.807, 2.05) is 38.1 Å². The van der Waals surface area contributed by atoms with E-state index in [0.717, 1.165) is 24.2 Å². The molecule has 0 radical (unpaired) electrons. The van der Waals surface area contributed by atoms with E-state index in [0.29, 0.717) is 32.3 Å². The van der Waals surface area contributed by atoms with Crippen molar-refractivity contribution in [1.82, 2.24) is 5.32 Å². The van der Waals surface area contributed by atoms with Crippen LogP contribution in [0.3, 0.4) is 0 Å². The molecule has 1 aromatic carbocycles. The Morgan fingerprint density at radius 1 is 1.17 bits per heavy atom. The van der Waals surface area contributed by atoms with E-state index < -0.39 is 36.2 Å². The van der Waals surface area contributed by atoms with E-state index in [1.165, 1.54) is 0 Å². The molecule has 1 aliphatic carbocycles. The van der Waals surface area contributed by atoms with Gasteiger partial charge in [0, 0.05) is 12.0 Å². The molecular formula is C23H37NO5. The van der Waals surface area contributed by atoms with Crippen LogP contribution in [0.25, 0.3) is 0 Å². The predicted octanol–water partition coefficient (Wildman–Crippen LogP) is 2.43. The van der Waals surface area contributed by atoms with E-state index >= 15 is 0 Å². The minimum atomic E-state index is -1.09. The molecule has 0 bridgehead atoms. The van der Waals surface area contributed by atoms with Gasteiger partial charge in [-0.25, -0.2) is 0 Å². The maximum atomic E-state index is 12.5. The molecule has 6 nitrogen and oxygen atoms in total. The number of unbranched alkanes of at least 4 members (excludes halogenated alkanes) is 1. The summed E-state index contributed by atoms with van der Waals surface area (Å²) in [6, 6.07) is 7.23. The van der Waals surface area contributed by atoms with Gasteiger partial charge in [0.1, 0.15) is 11.9 Å². The second-order valence-electron chi connectivity index (χ2n) is 8.60. The van der Waals surface area contributed by atoms with Gasteiger partial charge in [-0.3, -0.25) is 4.79 Å². The number of hydrogen-bond acceptors (Lipinski definition) is 5. The fraction of sp³-hybridized carbons (Fsp3) is 0.696. The number of aliphatic hydroxyl groups is 3. The maximum absolute atomic E-state index is 12.5. The van der Waals surface area contributed by atoms with Gasteiger partial charge in [-0.05, 0) is 55.7 Å². The molecule has 0 aliphatic heterocycles. The highest BCUT2D eigenvalue weighted by Gasteiger charge is 2.40. The highest BCUT2D eigenvalue weighted by atomic mass is 16.5. The van der Waals surface area contributed by atoms with Crippen LogP contribution in [0.2, 0.25) is 0 Å². The van der Waals surface area contributed by atoms with Gasteiger partial charge >= 0.3 is 0 Å². The molecule has 4 N–H and O–H groups in total. The van der Waals surface area contributed by atoms with Crippen LogP contribution in [0.4, 0.5) is 0 Å². The van der Waals surface area contributed by atoms with Gasteiger partial charge in [-0.15, -0.1) is 0 Å². The Morgan fingerprint density at radius 2 is 1.79 bits per heavy atom. The summed E-state index contributed by atoms with van der Waals surface area (Å²) in [6.45, 7) is 6.69. The second kappa shape index (κ2) is 11.5. The number of nitrogens with one attached hydrogen (secondary N) is 1. The molecule has 2 rings (SSSR count). The van der Waals surface area contributed by atoms with Crippen molar-refractivity contribution in [2.24, 2.45) is 11.8 Å². The summed E-state index contributed by atoms with van der Waals surface area (Å²) in [5.41, 5.74) is 0.975. The van der Waals surface area contributed by atoms with Crippen LogP contribution in [-0.4, -0.2) is 52.2 Å². The molecule has 0 spiro atoms. The van der Waals surface area contributed by atoms with Gasteiger partial charge < -0.3 is 25.4 Å². The summed E-state index contributed by atoms with van der Waals surface area (Å²) in [6.07, 6.45) is 1.51. The lowest BCUT2D eigenvalue weighted by Crippen LogP contribution is -2.50. The fourth-order valence-corrected chi connectivity index (χ4v) is 3.95. The number of rotatable bonds is 11. The van der Waals surface area contributed by atoms with Crippen molar-refractivity contribution < 1.29 is 24.9 Å². The van der Waals surface area contributed by atoms with Crippen molar-refractivity contribution >= 4 is 5.91 Å². The lowest BCUT2D eigenvalue weighted by atomic mass is 9.88. The summed E-state index contributed by atoms with van der Waals surface area (Å²) < 4.78 is 5.69. The zero-order valence-electron chi connectivity index (χ0n) is 17.9. The average molecular weight is 408 g/mol. The Bertz CT molecular complexity index is 608. The first-order chi connectivity index (χ1) is 13.8. The number of amides is 1. The van der Waals surface area contributed by atoms with Gasteiger partial charge in [-0.2, -0.15) is 0 Å². The normalized spacial score (nSPS) is 23.8. The highest BCUT2D eigenvalue weighted by molar-refractivity contribution is 5.80. The molecule has 1 aliphatic rings. The van der Waals surface area contributed by atoms with Crippen molar-refractivity contribution in [1.29, 1.82) is 0 Å².